The third-order valence-corrected chi connectivity index (χ3v) is 4.41. The van der Waals surface area contributed by atoms with E-state index in [4.69, 9.17) is 9.84 Å². The predicted molar refractivity (Wildman–Crippen MR) is 102 cm³/mol. The zero-order valence-corrected chi connectivity index (χ0v) is 16.5. The molecule has 0 saturated heterocycles. The minimum Gasteiger partial charge on any atom is -0.481 e. The molecule has 2 N–H and O–H groups in total. The van der Waals surface area contributed by atoms with E-state index in [1.165, 1.54) is 57.8 Å². The first-order valence-electron chi connectivity index (χ1n) is 9.03. The van der Waals surface area contributed by atoms with Crippen molar-refractivity contribution >= 4 is 24.1 Å². The molecule has 0 aromatic carbocycles. The normalized spacial score (nSPS) is 13.8. The number of carboxylic acids is 1. The van der Waals surface area contributed by atoms with Crippen molar-refractivity contribution in [2.75, 3.05) is 25.3 Å². The summed E-state index contributed by atoms with van der Waals surface area (Å²) < 4.78 is 4.89. The number of nitrogens with one attached hydrogen (secondary N) is 1. The number of hydrogen-bond donors (Lipinski definition) is 2. The number of unbranched alkanes of at least 4 members (excludes halogenated alkanes) is 3. The number of carbonyl (C=O) groups is 2. The van der Waals surface area contributed by atoms with Gasteiger partial charge in [-0.05, 0) is 12.3 Å². The summed E-state index contributed by atoms with van der Waals surface area (Å²) in [7, 11) is 1.76. The Balaban J connectivity index is 0. The SMILES string of the molecule is CC1CCCCC1.CCCCCCOC.O=CNCSCC(=O)O. The Morgan fingerprint density at radius 2 is 1.92 bits per heavy atom. The molecule has 0 unspecified atom stereocenters. The maximum Gasteiger partial charge on any atom is 0.313 e. The van der Waals surface area contributed by atoms with Gasteiger partial charge in [0.15, 0.2) is 0 Å². The lowest BCUT2D eigenvalue weighted by Gasteiger charge is -2.15. The average molecular weight is 364 g/mol. The molecular formula is C18H37NO4S. The fraction of sp³-hybridized carbons (Fsp3) is 0.889. The first kappa shape index (κ1) is 25.5. The van der Waals surface area contributed by atoms with Crippen LogP contribution >= 0.6 is 11.8 Å². The van der Waals surface area contributed by atoms with Crippen molar-refractivity contribution in [3.63, 3.8) is 0 Å². The van der Waals surface area contributed by atoms with E-state index in [9.17, 15) is 9.59 Å². The monoisotopic (exact) mass is 363 g/mol. The standard InChI is InChI=1S/C7H16O.C7H14.C4H7NO3S/c1-3-4-5-6-7-8-2;1-7-5-3-2-4-6-7;6-2-5-3-9-1-4(7)8/h3-7H2,1-2H3;7H,2-6H2,1H3;2H,1,3H2,(H,5,6)(H,7,8). The summed E-state index contributed by atoms with van der Waals surface area (Å²) in [5.74, 6) is 0.554. The van der Waals surface area contributed by atoms with Crippen molar-refractivity contribution in [2.24, 2.45) is 5.92 Å². The topological polar surface area (TPSA) is 75.6 Å². The summed E-state index contributed by atoms with van der Waals surface area (Å²) >= 11 is 1.14. The molecule has 1 aliphatic carbocycles. The number of hydrogen-bond acceptors (Lipinski definition) is 4. The zero-order valence-electron chi connectivity index (χ0n) is 15.7. The number of methoxy groups -OCH3 is 1. The summed E-state index contributed by atoms with van der Waals surface area (Å²) in [6.45, 7) is 5.51. The number of amides is 1. The van der Waals surface area contributed by atoms with Crippen LogP contribution in [0.5, 0.6) is 0 Å². The molecular weight excluding hydrogens is 326 g/mol. The number of aliphatic carboxylic acids is 1. The summed E-state index contributed by atoms with van der Waals surface area (Å²) in [5, 5.41) is 10.4. The summed E-state index contributed by atoms with van der Waals surface area (Å²) in [6.07, 6.45) is 13.2. The van der Waals surface area contributed by atoms with Gasteiger partial charge in [0.1, 0.15) is 0 Å². The van der Waals surface area contributed by atoms with Crippen LogP contribution in [0.2, 0.25) is 0 Å². The molecule has 144 valence electrons. The molecule has 1 saturated carbocycles. The molecule has 0 aromatic rings. The van der Waals surface area contributed by atoms with Gasteiger partial charge in [-0.3, -0.25) is 9.59 Å². The van der Waals surface area contributed by atoms with Gasteiger partial charge in [0.05, 0.1) is 11.6 Å². The van der Waals surface area contributed by atoms with Gasteiger partial charge in [-0.25, -0.2) is 0 Å². The van der Waals surface area contributed by atoms with Crippen LogP contribution in [0.1, 0.15) is 71.6 Å². The minimum atomic E-state index is -0.868. The smallest absolute Gasteiger partial charge is 0.313 e. The molecule has 0 atom stereocenters. The second-order valence-electron chi connectivity index (χ2n) is 6.01. The Hall–Kier alpha value is -0.750. The van der Waals surface area contributed by atoms with Gasteiger partial charge in [-0.2, -0.15) is 0 Å². The molecule has 5 nitrogen and oxygen atoms in total. The molecule has 1 amide bonds. The van der Waals surface area contributed by atoms with Crippen LogP contribution in [0.4, 0.5) is 0 Å². The van der Waals surface area contributed by atoms with Crippen molar-refractivity contribution in [1.82, 2.24) is 5.32 Å². The summed E-state index contributed by atoms with van der Waals surface area (Å²) in [6, 6.07) is 0. The predicted octanol–water partition coefficient (Wildman–Crippen LogP) is 4.31. The number of carbonyl (C=O) groups excluding carboxylic acids is 1. The Bertz CT molecular complexity index is 266. The highest BCUT2D eigenvalue weighted by molar-refractivity contribution is 7.99. The first-order chi connectivity index (χ1) is 11.6. The maximum atomic E-state index is 9.83. The molecule has 0 bridgehead atoms. The fourth-order valence-corrected chi connectivity index (χ4v) is 2.67. The second-order valence-corrected chi connectivity index (χ2v) is 6.99. The van der Waals surface area contributed by atoms with E-state index >= 15 is 0 Å². The molecule has 0 heterocycles. The van der Waals surface area contributed by atoms with Crippen molar-refractivity contribution in [2.45, 2.75) is 71.6 Å². The van der Waals surface area contributed by atoms with Crippen LogP contribution in [-0.2, 0) is 14.3 Å². The molecule has 1 fully saturated rings. The Kier molecular flexibility index (Phi) is 23.6. The molecule has 1 rings (SSSR count). The van der Waals surface area contributed by atoms with Crippen LogP contribution in [0.15, 0.2) is 0 Å². The maximum absolute atomic E-state index is 9.83. The van der Waals surface area contributed by atoms with Crippen LogP contribution in [0, 0.1) is 5.92 Å². The van der Waals surface area contributed by atoms with Gasteiger partial charge in [-0.15, -0.1) is 11.8 Å². The molecule has 0 aromatic heterocycles. The number of ether oxygens (including phenoxy) is 1. The third-order valence-electron chi connectivity index (χ3n) is 3.59. The van der Waals surface area contributed by atoms with Gasteiger partial charge in [0.2, 0.25) is 6.41 Å². The Labute approximate surface area is 152 Å². The van der Waals surface area contributed by atoms with E-state index in [-0.39, 0.29) is 5.75 Å². The molecule has 0 spiro atoms. The Morgan fingerprint density at radius 3 is 2.33 bits per heavy atom. The lowest BCUT2D eigenvalue weighted by Crippen LogP contribution is -2.11. The van der Waals surface area contributed by atoms with E-state index in [1.54, 1.807) is 7.11 Å². The van der Waals surface area contributed by atoms with Gasteiger partial charge in [0.25, 0.3) is 0 Å². The fourth-order valence-electron chi connectivity index (χ4n) is 2.21. The number of carboxylic acid groups (broad SMARTS) is 1. The lowest BCUT2D eigenvalue weighted by molar-refractivity contribution is -0.133. The molecule has 6 heteroatoms. The van der Waals surface area contributed by atoms with Gasteiger partial charge < -0.3 is 15.2 Å². The van der Waals surface area contributed by atoms with Crippen molar-refractivity contribution < 1.29 is 19.4 Å². The van der Waals surface area contributed by atoms with E-state index < -0.39 is 5.97 Å². The zero-order chi connectivity index (χ0) is 18.5. The minimum absolute atomic E-state index is 0.0286. The van der Waals surface area contributed by atoms with Gasteiger partial charge in [0, 0.05) is 13.7 Å². The van der Waals surface area contributed by atoms with Crippen LogP contribution in [0.25, 0.3) is 0 Å². The highest BCUT2D eigenvalue weighted by Gasteiger charge is 2.05. The highest BCUT2D eigenvalue weighted by atomic mass is 32.2. The second kappa shape index (κ2) is 22.2. The van der Waals surface area contributed by atoms with Crippen molar-refractivity contribution in [1.29, 1.82) is 0 Å². The van der Waals surface area contributed by atoms with Gasteiger partial charge >= 0.3 is 5.97 Å². The number of thioether (sulfide) groups is 1. The molecule has 24 heavy (non-hydrogen) atoms. The Morgan fingerprint density at radius 1 is 1.25 bits per heavy atom. The lowest BCUT2D eigenvalue weighted by atomic mass is 9.91. The van der Waals surface area contributed by atoms with E-state index in [2.05, 4.69) is 19.2 Å². The highest BCUT2D eigenvalue weighted by Crippen LogP contribution is 2.22. The van der Waals surface area contributed by atoms with E-state index in [1.807, 2.05) is 0 Å². The third kappa shape index (κ3) is 26.2. The molecule has 0 radical (unpaired) electrons. The summed E-state index contributed by atoms with van der Waals surface area (Å²) in [5.41, 5.74) is 0. The van der Waals surface area contributed by atoms with E-state index in [0.29, 0.717) is 12.3 Å². The van der Waals surface area contributed by atoms with Crippen LogP contribution < -0.4 is 5.32 Å². The van der Waals surface area contributed by atoms with E-state index in [0.717, 1.165) is 24.3 Å². The molecule has 1 aliphatic rings. The average Bonchev–Trinajstić information content (AvgIpc) is 2.57. The quantitative estimate of drug-likeness (QED) is 0.344. The molecule has 0 aliphatic heterocycles. The first-order valence-corrected chi connectivity index (χ1v) is 10.2. The van der Waals surface area contributed by atoms with Crippen molar-refractivity contribution in [3.8, 4) is 0 Å². The number of rotatable bonds is 10. The summed E-state index contributed by atoms with van der Waals surface area (Å²) in [4.78, 5) is 19.4. The van der Waals surface area contributed by atoms with Crippen LogP contribution in [-0.4, -0.2) is 42.8 Å². The van der Waals surface area contributed by atoms with Gasteiger partial charge in [-0.1, -0.05) is 65.2 Å². The van der Waals surface area contributed by atoms with Crippen LogP contribution in [0.3, 0.4) is 0 Å². The largest absolute Gasteiger partial charge is 0.481 e. The van der Waals surface area contributed by atoms with Crippen molar-refractivity contribution in [3.05, 3.63) is 0 Å².